The minimum atomic E-state index is -0.334. The highest BCUT2D eigenvalue weighted by atomic mass is 32.1. The zero-order chi connectivity index (χ0) is 15.0. The minimum Gasteiger partial charge on any atom is -0.397 e. The van der Waals surface area contributed by atoms with Crippen LogP contribution in [0.15, 0.2) is 18.2 Å². The fourth-order valence-corrected chi connectivity index (χ4v) is 3.85. The van der Waals surface area contributed by atoms with Crippen LogP contribution in [0.25, 0.3) is 10.1 Å². The smallest absolute Gasteiger partial charge is 0.263 e. The van der Waals surface area contributed by atoms with Crippen molar-refractivity contribution < 1.29 is 9.18 Å². The SMILES string of the molecule is CCCC1(CNC(=O)c2sc3ccc(F)cc3c2N)CC1. The van der Waals surface area contributed by atoms with E-state index in [2.05, 4.69) is 12.2 Å². The number of fused-ring (bicyclic) bond motifs is 1. The van der Waals surface area contributed by atoms with E-state index in [1.165, 1.54) is 36.3 Å². The summed E-state index contributed by atoms with van der Waals surface area (Å²) in [5.74, 6) is -0.477. The first-order valence-electron chi connectivity index (χ1n) is 7.30. The van der Waals surface area contributed by atoms with E-state index in [0.717, 1.165) is 17.5 Å². The summed E-state index contributed by atoms with van der Waals surface area (Å²) in [4.78, 5) is 12.8. The highest BCUT2D eigenvalue weighted by Crippen LogP contribution is 2.49. The summed E-state index contributed by atoms with van der Waals surface area (Å²) in [6.45, 7) is 2.88. The van der Waals surface area contributed by atoms with Crippen LogP contribution in [0.3, 0.4) is 0 Å². The maximum absolute atomic E-state index is 13.3. The molecule has 1 saturated carbocycles. The Hall–Kier alpha value is -1.62. The molecule has 3 nitrogen and oxygen atoms in total. The molecule has 1 aliphatic carbocycles. The van der Waals surface area contributed by atoms with Gasteiger partial charge in [0.15, 0.2) is 0 Å². The van der Waals surface area contributed by atoms with Crippen LogP contribution in [0, 0.1) is 11.2 Å². The number of halogens is 1. The first-order valence-corrected chi connectivity index (χ1v) is 8.12. The van der Waals surface area contributed by atoms with E-state index in [1.807, 2.05) is 0 Å². The topological polar surface area (TPSA) is 55.1 Å². The van der Waals surface area contributed by atoms with E-state index in [-0.39, 0.29) is 11.7 Å². The van der Waals surface area contributed by atoms with Crippen molar-refractivity contribution in [1.82, 2.24) is 5.32 Å². The van der Waals surface area contributed by atoms with Gasteiger partial charge in [0, 0.05) is 16.6 Å². The monoisotopic (exact) mass is 306 g/mol. The van der Waals surface area contributed by atoms with Gasteiger partial charge in [-0.05, 0) is 42.9 Å². The predicted molar refractivity (Wildman–Crippen MR) is 85.1 cm³/mol. The Balaban J connectivity index is 1.77. The lowest BCUT2D eigenvalue weighted by Crippen LogP contribution is -2.30. The Labute approximate surface area is 127 Å². The molecular formula is C16H19FN2OS. The molecule has 0 bridgehead atoms. The van der Waals surface area contributed by atoms with Crippen LogP contribution in [0.1, 0.15) is 42.3 Å². The van der Waals surface area contributed by atoms with Crippen molar-refractivity contribution in [3.05, 3.63) is 28.9 Å². The molecule has 1 aromatic heterocycles. The van der Waals surface area contributed by atoms with Crippen molar-refractivity contribution in [2.75, 3.05) is 12.3 Å². The maximum atomic E-state index is 13.3. The molecule has 1 fully saturated rings. The Kier molecular flexibility index (Phi) is 3.61. The highest BCUT2D eigenvalue weighted by Gasteiger charge is 2.41. The second-order valence-corrected chi connectivity index (χ2v) is 6.97. The largest absolute Gasteiger partial charge is 0.397 e. The summed E-state index contributed by atoms with van der Waals surface area (Å²) in [7, 11) is 0. The third kappa shape index (κ3) is 2.75. The van der Waals surface area contributed by atoms with Gasteiger partial charge >= 0.3 is 0 Å². The summed E-state index contributed by atoms with van der Waals surface area (Å²) in [6, 6.07) is 4.44. The average Bonchev–Trinajstić information content (AvgIpc) is 3.16. The number of carbonyl (C=O) groups is 1. The molecular weight excluding hydrogens is 287 g/mol. The van der Waals surface area contributed by atoms with Crippen LogP contribution in [0.2, 0.25) is 0 Å². The molecule has 1 aliphatic rings. The summed E-state index contributed by atoms with van der Waals surface area (Å²) >= 11 is 1.32. The Morgan fingerprint density at radius 1 is 1.48 bits per heavy atom. The zero-order valence-electron chi connectivity index (χ0n) is 12.0. The number of anilines is 1. The number of hydrogen-bond donors (Lipinski definition) is 2. The van der Waals surface area contributed by atoms with E-state index in [9.17, 15) is 9.18 Å². The number of rotatable bonds is 5. The van der Waals surface area contributed by atoms with Crippen molar-refractivity contribution in [2.24, 2.45) is 5.41 Å². The minimum absolute atomic E-state index is 0.142. The molecule has 0 saturated heterocycles. The van der Waals surface area contributed by atoms with E-state index in [1.54, 1.807) is 6.07 Å². The van der Waals surface area contributed by atoms with Gasteiger partial charge in [-0.3, -0.25) is 4.79 Å². The zero-order valence-corrected chi connectivity index (χ0v) is 12.9. The van der Waals surface area contributed by atoms with E-state index in [0.29, 0.717) is 27.9 Å². The van der Waals surface area contributed by atoms with E-state index < -0.39 is 0 Å². The van der Waals surface area contributed by atoms with Crippen molar-refractivity contribution in [1.29, 1.82) is 0 Å². The predicted octanol–water partition coefficient (Wildman–Crippen LogP) is 3.93. The Morgan fingerprint density at radius 2 is 2.24 bits per heavy atom. The van der Waals surface area contributed by atoms with E-state index >= 15 is 0 Å². The third-order valence-corrected chi connectivity index (χ3v) is 5.44. The van der Waals surface area contributed by atoms with Crippen LogP contribution >= 0.6 is 11.3 Å². The van der Waals surface area contributed by atoms with Gasteiger partial charge in [0.05, 0.1) is 5.69 Å². The molecule has 0 aliphatic heterocycles. The Morgan fingerprint density at radius 3 is 2.90 bits per heavy atom. The van der Waals surface area contributed by atoms with Crippen LogP contribution in [0.4, 0.5) is 10.1 Å². The molecule has 0 spiro atoms. The van der Waals surface area contributed by atoms with Crippen LogP contribution in [-0.4, -0.2) is 12.5 Å². The van der Waals surface area contributed by atoms with Gasteiger partial charge in [-0.2, -0.15) is 0 Å². The summed E-state index contributed by atoms with van der Waals surface area (Å²) in [6.07, 6.45) is 4.67. The first-order chi connectivity index (χ1) is 10.0. The molecule has 21 heavy (non-hydrogen) atoms. The molecule has 1 amide bonds. The van der Waals surface area contributed by atoms with Crippen LogP contribution < -0.4 is 11.1 Å². The number of thiophene rings is 1. The number of nitrogens with two attached hydrogens (primary N) is 1. The molecule has 5 heteroatoms. The molecule has 1 heterocycles. The summed E-state index contributed by atoms with van der Waals surface area (Å²) in [5.41, 5.74) is 6.69. The van der Waals surface area contributed by atoms with E-state index in [4.69, 9.17) is 5.73 Å². The molecule has 112 valence electrons. The number of carbonyl (C=O) groups excluding carboxylic acids is 1. The molecule has 0 radical (unpaired) electrons. The number of amides is 1. The fraction of sp³-hybridized carbons (Fsp3) is 0.438. The van der Waals surface area contributed by atoms with Crippen molar-refractivity contribution in [3.63, 3.8) is 0 Å². The lowest BCUT2D eigenvalue weighted by atomic mass is 10.0. The van der Waals surface area contributed by atoms with Crippen molar-refractivity contribution in [3.8, 4) is 0 Å². The summed E-state index contributed by atoms with van der Waals surface area (Å²) < 4.78 is 14.1. The first kappa shape index (κ1) is 14.3. The van der Waals surface area contributed by atoms with Gasteiger partial charge < -0.3 is 11.1 Å². The van der Waals surface area contributed by atoms with Crippen molar-refractivity contribution in [2.45, 2.75) is 32.6 Å². The normalized spacial score (nSPS) is 16.1. The lowest BCUT2D eigenvalue weighted by Gasteiger charge is -2.14. The number of nitrogen functional groups attached to an aromatic ring is 1. The average molecular weight is 306 g/mol. The molecule has 1 aromatic carbocycles. The molecule has 0 atom stereocenters. The number of benzene rings is 1. The molecule has 2 aromatic rings. The second kappa shape index (κ2) is 5.30. The fourth-order valence-electron chi connectivity index (χ4n) is 2.83. The molecule has 3 rings (SSSR count). The lowest BCUT2D eigenvalue weighted by molar-refractivity contribution is 0.0948. The third-order valence-electron chi connectivity index (χ3n) is 4.26. The van der Waals surface area contributed by atoms with Crippen LogP contribution in [0.5, 0.6) is 0 Å². The van der Waals surface area contributed by atoms with Gasteiger partial charge in [0.1, 0.15) is 10.7 Å². The molecule has 0 unspecified atom stereocenters. The van der Waals surface area contributed by atoms with Gasteiger partial charge in [-0.15, -0.1) is 11.3 Å². The quantitative estimate of drug-likeness (QED) is 0.879. The van der Waals surface area contributed by atoms with Crippen molar-refractivity contribution >= 4 is 33.0 Å². The number of nitrogens with one attached hydrogen (secondary N) is 1. The van der Waals surface area contributed by atoms with Gasteiger partial charge in [0.25, 0.3) is 5.91 Å². The van der Waals surface area contributed by atoms with Gasteiger partial charge in [-0.1, -0.05) is 13.3 Å². The van der Waals surface area contributed by atoms with Gasteiger partial charge in [-0.25, -0.2) is 4.39 Å². The molecule has 3 N–H and O–H groups in total. The summed E-state index contributed by atoms with van der Waals surface area (Å²) in [5, 5.41) is 3.63. The van der Waals surface area contributed by atoms with Gasteiger partial charge in [0.2, 0.25) is 0 Å². The maximum Gasteiger partial charge on any atom is 0.263 e. The highest BCUT2D eigenvalue weighted by molar-refractivity contribution is 7.21. The second-order valence-electron chi connectivity index (χ2n) is 5.92. The van der Waals surface area contributed by atoms with Crippen LogP contribution in [-0.2, 0) is 0 Å². The number of hydrogen-bond acceptors (Lipinski definition) is 3. The Bertz CT molecular complexity index is 691. The standard InChI is InChI=1S/C16H19FN2OS/c1-2-5-16(6-7-16)9-19-15(20)14-13(18)11-8-10(17)3-4-12(11)21-14/h3-4,8H,2,5-7,9,18H2,1H3,(H,19,20).